The zero-order chi connectivity index (χ0) is 14.8. The van der Waals surface area contributed by atoms with E-state index in [1.165, 1.54) is 7.11 Å². The van der Waals surface area contributed by atoms with E-state index in [1.54, 1.807) is 24.3 Å². The van der Waals surface area contributed by atoms with Gasteiger partial charge in [-0.2, -0.15) is 8.73 Å². The highest BCUT2D eigenvalue weighted by Gasteiger charge is 2.16. The van der Waals surface area contributed by atoms with Crippen LogP contribution < -0.4 is 10.1 Å². The topological polar surface area (TPSA) is 63.0 Å². The fraction of sp³-hybridized carbons (Fsp3) is 0.0714. The van der Waals surface area contributed by atoms with E-state index >= 15 is 0 Å². The Kier molecular flexibility index (Phi) is 3.85. The molecule has 1 amide bonds. The number of nitrogens with one attached hydrogen (secondary N) is 1. The van der Waals surface area contributed by atoms with Crippen molar-refractivity contribution in [2.75, 3.05) is 12.4 Å². The van der Waals surface area contributed by atoms with E-state index in [2.05, 4.69) is 30.0 Å². The predicted octanol–water partition coefficient (Wildman–Crippen LogP) is 4.44. The van der Waals surface area contributed by atoms with Crippen LogP contribution in [-0.2, 0) is 11.4 Å². The highest BCUT2D eigenvalue weighted by molar-refractivity contribution is 9.10. The van der Waals surface area contributed by atoms with Gasteiger partial charge in [0.1, 0.15) is 17.1 Å². The fourth-order valence-corrected chi connectivity index (χ4v) is 2.84. The molecular weight excluding hydrogens is 354 g/mol. The van der Waals surface area contributed by atoms with Crippen LogP contribution in [0.5, 0.6) is 5.75 Å². The van der Waals surface area contributed by atoms with Gasteiger partial charge in [0, 0.05) is 4.47 Å². The van der Waals surface area contributed by atoms with Crippen LogP contribution in [0.25, 0.3) is 0 Å². The molecule has 0 aromatic heterocycles. The van der Waals surface area contributed by atoms with Crippen LogP contribution in [0.15, 0.2) is 49.6 Å². The molecule has 2 aromatic rings. The van der Waals surface area contributed by atoms with Crippen molar-refractivity contribution in [2.45, 2.75) is 0 Å². The van der Waals surface area contributed by atoms with Crippen molar-refractivity contribution in [1.82, 2.24) is 0 Å². The summed E-state index contributed by atoms with van der Waals surface area (Å²) in [6.07, 6.45) is 0. The number of fused-ring (bicyclic) bond motifs is 1. The number of halogens is 1. The van der Waals surface area contributed by atoms with Gasteiger partial charge in [-0.05, 0) is 30.3 Å². The maximum Gasteiger partial charge on any atom is 0.259 e. The first-order valence-electron chi connectivity index (χ1n) is 6.05. The standard InChI is InChI=1S/C14H10BrN3O2S/c1-20-12-7-8(15)5-6-9(12)14(19)16-10-3-2-4-11-13(10)18-21-17-11/h2-7H,1H3,(H,16,19). The van der Waals surface area contributed by atoms with Gasteiger partial charge in [-0.3, -0.25) is 4.79 Å². The van der Waals surface area contributed by atoms with E-state index < -0.39 is 0 Å². The number of rotatable bonds is 3. The van der Waals surface area contributed by atoms with E-state index in [4.69, 9.17) is 4.74 Å². The molecule has 1 aliphatic heterocycles. The number of nitrogens with zero attached hydrogens (tertiary/aromatic N) is 2. The first kappa shape index (κ1) is 14.0. The van der Waals surface area contributed by atoms with Crippen LogP contribution in [-0.4, -0.2) is 13.0 Å². The summed E-state index contributed by atoms with van der Waals surface area (Å²) in [5.41, 5.74) is 2.55. The van der Waals surface area contributed by atoms with E-state index in [1.807, 2.05) is 12.1 Å². The average molecular weight is 364 g/mol. The summed E-state index contributed by atoms with van der Waals surface area (Å²) in [6.45, 7) is 0. The molecule has 0 fully saturated rings. The maximum atomic E-state index is 12.4. The Morgan fingerprint density at radius 2 is 2.14 bits per heavy atom. The van der Waals surface area contributed by atoms with Gasteiger partial charge in [0.25, 0.3) is 5.91 Å². The molecule has 0 spiro atoms. The number of hydrogen-bond acceptors (Lipinski definition) is 4. The third kappa shape index (κ3) is 2.74. The lowest BCUT2D eigenvalue weighted by atomic mass is 10.1. The van der Waals surface area contributed by atoms with Crippen molar-refractivity contribution < 1.29 is 9.53 Å². The third-order valence-corrected chi connectivity index (χ3v) is 3.98. The number of anilines is 1. The maximum absolute atomic E-state index is 12.4. The lowest BCUT2D eigenvalue weighted by Gasteiger charge is -2.11. The van der Waals surface area contributed by atoms with Gasteiger partial charge in [0.15, 0.2) is 0 Å². The van der Waals surface area contributed by atoms with Gasteiger partial charge >= 0.3 is 0 Å². The van der Waals surface area contributed by atoms with Crippen LogP contribution in [0.4, 0.5) is 17.1 Å². The summed E-state index contributed by atoms with van der Waals surface area (Å²) in [5, 5.41) is 2.85. The summed E-state index contributed by atoms with van der Waals surface area (Å²) < 4.78 is 14.4. The van der Waals surface area contributed by atoms with Crippen LogP contribution in [0.3, 0.4) is 0 Å². The molecule has 1 N–H and O–H groups in total. The number of benzene rings is 2. The van der Waals surface area contributed by atoms with Crippen LogP contribution in [0, 0.1) is 0 Å². The molecule has 2 aromatic carbocycles. The number of ether oxygens (including phenoxy) is 1. The molecule has 0 atom stereocenters. The Balaban J connectivity index is 1.91. The van der Waals surface area contributed by atoms with Gasteiger partial charge < -0.3 is 10.1 Å². The minimum absolute atomic E-state index is 0.250. The summed E-state index contributed by atoms with van der Waals surface area (Å²) in [4.78, 5) is 12.4. The quantitative estimate of drug-likeness (QED) is 0.747. The second kappa shape index (κ2) is 5.79. The zero-order valence-electron chi connectivity index (χ0n) is 11.0. The lowest BCUT2D eigenvalue weighted by Crippen LogP contribution is -2.13. The predicted molar refractivity (Wildman–Crippen MR) is 86.6 cm³/mol. The number of amides is 1. The zero-order valence-corrected chi connectivity index (χ0v) is 13.4. The van der Waals surface area contributed by atoms with E-state index in [0.29, 0.717) is 22.7 Å². The molecule has 3 rings (SSSR count). The molecule has 0 saturated heterocycles. The van der Waals surface area contributed by atoms with Crippen LogP contribution in [0.2, 0.25) is 0 Å². The Labute approximate surface area is 133 Å². The molecule has 0 unspecified atom stereocenters. The first-order chi connectivity index (χ1) is 10.2. The Morgan fingerprint density at radius 3 is 2.95 bits per heavy atom. The minimum Gasteiger partial charge on any atom is -0.496 e. The molecule has 21 heavy (non-hydrogen) atoms. The normalized spacial score (nSPS) is 11.7. The van der Waals surface area contributed by atoms with Gasteiger partial charge in [-0.15, -0.1) is 0 Å². The van der Waals surface area contributed by atoms with Gasteiger partial charge in [0.2, 0.25) is 0 Å². The first-order valence-corrected chi connectivity index (χ1v) is 7.57. The molecule has 0 radical (unpaired) electrons. The monoisotopic (exact) mass is 363 g/mol. The van der Waals surface area contributed by atoms with Crippen molar-refractivity contribution in [3.05, 3.63) is 46.4 Å². The Morgan fingerprint density at radius 1 is 1.29 bits per heavy atom. The Bertz CT molecular complexity index is 801. The van der Waals surface area contributed by atoms with Gasteiger partial charge in [0.05, 0.1) is 29.7 Å². The number of methoxy groups -OCH3 is 1. The number of carbonyl (C=O) groups is 1. The van der Waals surface area contributed by atoms with Crippen molar-refractivity contribution in [3.8, 4) is 5.75 Å². The lowest BCUT2D eigenvalue weighted by molar-refractivity contribution is 0.102. The molecule has 106 valence electrons. The highest BCUT2D eigenvalue weighted by atomic mass is 79.9. The largest absolute Gasteiger partial charge is 0.496 e. The molecule has 7 heteroatoms. The number of hydrogen-bond donors (Lipinski definition) is 1. The van der Waals surface area contributed by atoms with Crippen molar-refractivity contribution in [2.24, 2.45) is 8.73 Å². The van der Waals surface area contributed by atoms with Crippen molar-refractivity contribution in [1.29, 1.82) is 0 Å². The number of carbonyl (C=O) groups excluding carboxylic acids is 1. The van der Waals surface area contributed by atoms with Gasteiger partial charge in [-0.1, -0.05) is 22.0 Å². The summed E-state index contributed by atoms with van der Waals surface area (Å²) >= 11 is 4.47. The Hall–Kier alpha value is -1.99. The SMILES string of the molecule is COc1cc(Br)ccc1C(=O)Nc1cccc2c1N=S=N2. The molecule has 1 heterocycles. The molecule has 1 aliphatic rings. The summed E-state index contributed by atoms with van der Waals surface area (Å²) in [7, 11) is 1.53. The second-order valence-electron chi connectivity index (χ2n) is 4.24. The second-order valence-corrected chi connectivity index (χ2v) is 5.68. The van der Waals surface area contributed by atoms with Crippen molar-refractivity contribution >= 4 is 50.3 Å². The van der Waals surface area contributed by atoms with Crippen LogP contribution in [0.1, 0.15) is 10.4 Å². The van der Waals surface area contributed by atoms with E-state index in [0.717, 1.165) is 21.5 Å². The average Bonchev–Trinajstić information content (AvgIpc) is 2.96. The molecule has 0 bridgehead atoms. The summed E-state index contributed by atoms with van der Waals surface area (Å²) in [5.74, 6) is 0.255. The van der Waals surface area contributed by atoms with Crippen LogP contribution >= 0.6 is 15.9 Å². The highest BCUT2D eigenvalue weighted by Crippen LogP contribution is 2.38. The van der Waals surface area contributed by atoms with E-state index in [9.17, 15) is 4.79 Å². The van der Waals surface area contributed by atoms with Crippen molar-refractivity contribution in [3.63, 3.8) is 0 Å². The fourth-order valence-electron chi connectivity index (χ4n) is 1.95. The van der Waals surface area contributed by atoms with E-state index in [-0.39, 0.29) is 5.91 Å². The molecule has 0 aliphatic carbocycles. The smallest absolute Gasteiger partial charge is 0.259 e. The molecular formula is C14H10BrN3O2S. The minimum atomic E-state index is -0.250. The van der Waals surface area contributed by atoms with Gasteiger partial charge in [-0.25, -0.2) is 0 Å². The summed E-state index contributed by atoms with van der Waals surface area (Å²) in [6, 6.07) is 10.7. The molecule has 5 nitrogen and oxygen atoms in total. The third-order valence-electron chi connectivity index (χ3n) is 2.94. The molecule has 0 saturated carbocycles.